The monoisotopic (exact) mass is 530 g/mol. The summed E-state index contributed by atoms with van der Waals surface area (Å²) in [5.74, 6) is 0.887. The van der Waals surface area contributed by atoms with E-state index in [9.17, 15) is 9.59 Å². The van der Waals surface area contributed by atoms with E-state index in [1.807, 2.05) is 36.1 Å². The molecule has 1 aromatic carbocycles. The third-order valence-corrected chi connectivity index (χ3v) is 4.97. The summed E-state index contributed by atoms with van der Waals surface area (Å²) in [4.78, 5) is 32.1. The molecule has 0 atom stereocenters. The number of halogens is 1. The van der Waals surface area contributed by atoms with E-state index in [-0.39, 0.29) is 35.8 Å². The van der Waals surface area contributed by atoms with Gasteiger partial charge in [0.15, 0.2) is 5.96 Å². The van der Waals surface area contributed by atoms with Gasteiger partial charge in [0.25, 0.3) is 5.91 Å². The third-order valence-electron chi connectivity index (χ3n) is 4.97. The highest BCUT2D eigenvalue weighted by molar-refractivity contribution is 14.0. The molecule has 0 radical (unpaired) electrons. The van der Waals surface area contributed by atoms with Crippen molar-refractivity contribution < 1.29 is 9.59 Å². The zero-order chi connectivity index (χ0) is 21.1. The van der Waals surface area contributed by atoms with Gasteiger partial charge in [0.1, 0.15) is 0 Å². The van der Waals surface area contributed by atoms with Crippen LogP contribution in [-0.2, 0) is 11.2 Å². The molecular weight excluding hydrogens is 495 g/mol. The number of hydrogen-bond donors (Lipinski definition) is 3. The number of piperazine rings is 1. The molecule has 1 aliphatic heterocycles. The molecule has 0 aliphatic carbocycles. The van der Waals surface area contributed by atoms with E-state index in [4.69, 9.17) is 0 Å². The SMILES string of the molecule is CCNC(=NCCN1CCN(C(C)=O)CC1)NCCc1cccc(C(=O)NC)c1.I. The van der Waals surface area contributed by atoms with E-state index in [2.05, 4.69) is 25.8 Å². The predicted molar refractivity (Wildman–Crippen MR) is 132 cm³/mol. The van der Waals surface area contributed by atoms with Crippen LogP contribution in [0.5, 0.6) is 0 Å². The average molecular weight is 530 g/mol. The lowest BCUT2D eigenvalue weighted by Crippen LogP contribution is -2.48. The molecule has 2 rings (SSSR count). The standard InChI is InChI=1S/C21H34N6O2.HI/c1-4-23-21(25-10-11-26-12-14-27(15-13-26)17(2)28)24-9-8-18-6-5-7-19(16-18)20(29)22-3;/h5-7,16H,4,8-15H2,1-3H3,(H,22,29)(H2,23,24,25);1H. The van der Waals surface area contributed by atoms with Crippen LogP contribution in [0.15, 0.2) is 29.3 Å². The number of rotatable bonds is 8. The van der Waals surface area contributed by atoms with Crippen LogP contribution in [-0.4, -0.2) is 87.0 Å². The second-order valence-corrected chi connectivity index (χ2v) is 7.06. The Bertz CT molecular complexity index is 704. The van der Waals surface area contributed by atoms with Crippen LogP contribution in [0.2, 0.25) is 0 Å². The van der Waals surface area contributed by atoms with E-state index >= 15 is 0 Å². The summed E-state index contributed by atoms with van der Waals surface area (Å²) in [6.45, 7) is 10.2. The predicted octanol–water partition coefficient (Wildman–Crippen LogP) is 0.926. The molecule has 0 aromatic heterocycles. The minimum Gasteiger partial charge on any atom is -0.357 e. The Hall–Kier alpha value is -1.88. The Morgan fingerprint density at radius 3 is 2.50 bits per heavy atom. The van der Waals surface area contributed by atoms with Crippen LogP contribution in [0.25, 0.3) is 0 Å². The van der Waals surface area contributed by atoms with Crippen molar-refractivity contribution in [1.82, 2.24) is 25.8 Å². The largest absolute Gasteiger partial charge is 0.357 e. The van der Waals surface area contributed by atoms with E-state index in [1.165, 1.54) is 0 Å². The first kappa shape index (κ1) is 26.2. The topological polar surface area (TPSA) is 89.1 Å². The molecule has 9 heteroatoms. The van der Waals surface area contributed by atoms with Gasteiger partial charge in [0.05, 0.1) is 6.54 Å². The van der Waals surface area contributed by atoms with Gasteiger partial charge in [-0.2, -0.15) is 0 Å². The number of carbonyl (C=O) groups excluding carboxylic acids is 2. The maximum Gasteiger partial charge on any atom is 0.251 e. The molecule has 0 spiro atoms. The van der Waals surface area contributed by atoms with Gasteiger partial charge < -0.3 is 20.9 Å². The number of nitrogens with one attached hydrogen (secondary N) is 3. The van der Waals surface area contributed by atoms with Crippen molar-refractivity contribution >= 4 is 41.8 Å². The summed E-state index contributed by atoms with van der Waals surface area (Å²) >= 11 is 0. The van der Waals surface area contributed by atoms with Crippen LogP contribution >= 0.6 is 24.0 Å². The van der Waals surface area contributed by atoms with Crippen LogP contribution in [0.3, 0.4) is 0 Å². The van der Waals surface area contributed by atoms with Crippen molar-refractivity contribution in [1.29, 1.82) is 0 Å². The van der Waals surface area contributed by atoms with Gasteiger partial charge in [-0.05, 0) is 31.0 Å². The highest BCUT2D eigenvalue weighted by Gasteiger charge is 2.17. The Morgan fingerprint density at radius 1 is 1.13 bits per heavy atom. The molecule has 2 amide bonds. The Morgan fingerprint density at radius 2 is 1.87 bits per heavy atom. The number of benzene rings is 1. The molecule has 1 saturated heterocycles. The zero-order valence-electron chi connectivity index (χ0n) is 18.2. The molecule has 8 nitrogen and oxygen atoms in total. The number of amides is 2. The van der Waals surface area contributed by atoms with E-state index in [1.54, 1.807) is 14.0 Å². The lowest BCUT2D eigenvalue weighted by Gasteiger charge is -2.33. The van der Waals surface area contributed by atoms with Crippen molar-refractivity contribution in [3.05, 3.63) is 35.4 Å². The van der Waals surface area contributed by atoms with E-state index in [0.717, 1.165) is 63.8 Å². The van der Waals surface area contributed by atoms with Crippen LogP contribution in [0.1, 0.15) is 29.8 Å². The number of carbonyl (C=O) groups is 2. The van der Waals surface area contributed by atoms with Gasteiger partial charge in [-0.25, -0.2) is 0 Å². The molecule has 0 saturated carbocycles. The lowest BCUT2D eigenvalue weighted by molar-refractivity contribution is -0.130. The maximum atomic E-state index is 11.8. The first-order valence-corrected chi connectivity index (χ1v) is 10.3. The minimum atomic E-state index is -0.0705. The fraction of sp³-hybridized carbons (Fsp3) is 0.571. The maximum absolute atomic E-state index is 11.8. The molecule has 1 aromatic rings. The summed E-state index contributed by atoms with van der Waals surface area (Å²) in [6.07, 6.45) is 0.808. The zero-order valence-corrected chi connectivity index (χ0v) is 20.6. The fourth-order valence-electron chi connectivity index (χ4n) is 3.27. The van der Waals surface area contributed by atoms with Gasteiger partial charge in [-0.3, -0.25) is 19.5 Å². The summed E-state index contributed by atoms with van der Waals surface area (Å²) < 4.78 is 0. The smallest absolute Gasteiger partial charge is 0.251 e. The molecule has 1 aliphatic rings. The van der Waals surface area contributed by atoms with Crippen LogP contribution in [0, 0.1) is 0 Å². The first-order chi connectivity index (χ1) is 14.0. The highest BCUT2D eigenvalue weighted by Crippen LogP contribution is 2.06. The van der Waals surface area contributed by atoms with Crippen molar-refractivity contribution in [3.63, 3.8) is 0 Å². The van der Waals surface area contributed by atoms with Crippen LogP contribution < -0.4 is 16.0 Å². The van der Waals surface area contributed by atoms with Gasteiger partial charge >= 0.3 is 0 Å². The Kier molecular flexibility index (Phi) is 12.4. The number of guanidine groups is 1. The molecule has 1 heterocycles. The molecule has 1 fully saturated rings. The summed E-state index contributed by atoms with van der Waals surface area (Å²) in [6, 6.07) is 7.67. The van der Waals surface area contributed by atoms with Gasteiger partial charge in [-0.15, -0.1) is 24.0 Å². The van der Waals surface area contributed by atoms with E-state index in [0.29, 0.717) is 12.1 Å². The molecule has 3 N–H and O–H groups in total. The van der Waals surface area contributed by atoms with Crippen LogP contribution in [0.4, 0.5) is 0 Å². The van der Waals surface area contributed by atoms with Gasteiger partial charge in [0, 0.05) is 65.3 Å². The first-order valence-electron chi connectivity index (χ1n) is 10.3. The normalized spacial score (nSPS) is 14.6. The molecule has 168 valence electrons. The van der Waals surface area contributed by atoms with Crippen molar-refractivity contribution in [2.24, 2.45) is 4.99 Å². The Labute approximate surface area is 196 Å². The number of hydrogen-bond acceptors (Lipinski definition) is 4. The average Bonchev–Trinajstić information content (AvgIpc) is 2.73. The lowest BCUT2D eigenvalue weighted by atomic mass is 10.1. The quantitative estimate of drug-likeness (QED) is 0.265. The summed E-state index contributed by atoms with van der Waals surface area (Å²) in [7, 11) is 1.64. The van der Waals surface area contributed by atoms with Crippen molar-refractivity contribution in [3.8, 4) is 0 Å². The minimum absolute atomic E-state index is 0. The third kappa shape index (κ3) is 8.86. The van der Waals surface area contributed by atoms with E-state index < -0.39 is 0 Å². The van der Waals surface area contributed by atoms with Gasteiger partial charge in [0.2, 0.25) is 5.91 Å². The fourth-order valence-corrected chi connectivity index (χ4v) is 3.27. The van der Waals surface area contributed by atoms with Crippen molar-refractivity contribution in [2.45, 2.75) is 20.3 Å². The summed E-state index contributed by atoms with van der Waals surface area (Å²) in [5, 5.41) is 9.28. The molecule has 0 unspecified atom stereocenters. The molecular formula is C21H35IN6O2. The summed E-state index contributed by atoms with van der Waals surface area (Å²) in [5.41, 5.74) is 1.79. The second-order valence-electron chi connectivity index (χ2n) is 7.06. The van der Waals surface area contributed by atoms with Crippen molar-refractivity contribution in [2.75, 3.05) is 59.4 Å². The second kappa shape index (κ2) is 14.2. The number of aliphatic imine (C=N–C) groups is 1. The number of nitrogens with zero attached hydrogens (tertiary/aromatic N) is 3. The van der Waals surface area contributed by atoms with Gasteiger partial charge in [-0.1, -0.05) is 12.1 Å². The molecule has 0 bridgehead atoms. The Balaban J connectivity index is 0.00000450. The molecule has 30 heavy (non-hydrogen) atoms. The highest BCUT2D eigenvalue weighted by atomic mass is 127.